The molecule has 0 aliphatic heterocycles. The van der Waals surface area contributed by atoms with Gasteiger partial charge in [-0.05, 0) is 51.4 Å². The summed E-state index contributed by atoms with van der Waals surface area (Å²) in [4.78, 5) is 4.80. The monoisotopic (exact) mass is 289 g/mol. The van der Waals surface area contributed by atoms with Crippen LogP contribution in [0.3, 0.4) is 0 Å². The fourth-order valence-corrected chi connectivity index (χ4v) is 2.93. The second-order valence-corrected chi connectivity index (χ2v) is 6.46. The third kappa shape index (κ3) is 2.89. The predicted octanol–water partition coefficient (Wildman–Crippen LogP) is 3.42. The number of hydrogen-bond acceptors (Lipinski definition) is 2. The second kappa shape index (κ2) is 5.83. The number of pyridine rings is 1. The first-order chi connectivity index (χ1) is 9.69. The maximum absolute atomic E-state index is 4.80. The highest BCUT2D eigenvalue weighted by Crippen LogP contribution is 2.26. The highest BCUT2D eigenvalue weighted by molar-refractivity contribution is 7.16. The van der Waals surface area contributed by atoms with Gasteiger partial charge in [0, 0.05) is 35.9 Å². The Morgan fingerprint density at radius 3 is 3.00 bits per heavy atom. The lowest BCUT2D eigenvalue weighted by molar-refractivity contribution is 0.557. The van der Waals surface area contributed by atoms with Crippen molar-refractivity contribution in [3.8, 4) is 0 Å². The summed E-state index contributed by atoms with van der Waals surface area (Å²) < 4.78 is 2.36. The largest absolute Gasteiger partial charge is 0.347 e. The predicted molar refractivity (Wildman–Crippen MR) is 88.2 cm³/mol. The van der Waals surface area contributed by atoms with E-state index >= 15 is 0 Å². The van der Waals surface area contributed by atoms with Gasteiger partial charge < -0.3 is 9.88 Å². The molecule has 1 aliphatic rings. The minimum absolute atomic E-state index is 0.343. The van der Waals surface area contributed by atoms with Crippen LogP contribution < -0.4 is 5.32 Å². The Labute approximate surface area is 123 Å². The molecule has 1 fully saturated rings. The van der Waals surface area contributed by atoms with Gasteiger partial charge in [-0.2, -0.15) is 0 Å². The SMILES string of the molecule is Cc1nc(C(C)NC2CC2)cc2c1ccn2CCCP. The third-order valence-corrected chi connectivity index (χ3v) is 4.50. The molecule has 0 amide bonds. The molecule has 4 heteroatoms. The maximum atomic E-state index is 4.80. The Morgan fingerprint density at radius 2 is 2.30 bits per heavy atom. The average molecular weight is 289 g/mol. The fourth-order valence-electron chi connectivity index (χ4n) is 2.75. The first-order valence-corrected chi connectivity index (χ1v) is 8.43. The summed E-state index contributed by atoms with van der Waals surface area (Å²) >= 11 is 0. The van der Waals surface area contributed by atoms with Gasteiger partial charge in [-0.3, -0.25) is 4.98 Å². The van der Waals surface area contributed by atoms with E-state index in [9.17, 15) is 0 Å². The number of rotatable bonds is 6. The Bertz CT molecular complexity index is 601. The molecule has 0 bridgehead atoms. The van der Waals surface area contributed by atoms with E-state index < -0.39 is 0 Å². The van der Waals surface area contributed by atoms with Gasteiger partial charge in [0.05, 0.1) is 11.2 Å². The quantitative estimate of drug-likeness (QED) is 0.826. The van der Waals surface area contributed by atoms with E-state index in [1.165, 1.54) is 35.9 Å². The van der Waals surface area contributed by atoms with Crippen LogP contribution in [0.2, 0.25) is 0 Å². The number of nitrogens with zero attached hydrogens (tertiary/aromatic N) is 2. The van der Waals surface area contributed by atoms with Gasteiger partial charge in [0.1, 0.15) is 0 Å². The maximum Gasteiger partial charge on any atom is 0.0594 e. The number of nitrogens with one attached hydrogen (secondary N) is 1. The minimum Gasteiger partial charge on any atom is -0.347 e. The smallest absolute Gasteiger partial charge is 0.0594 e. The number of aromatic nitrogens is 2. The van der Waals surface area contributed by atoms with Crippen LogP contribution in [-0.2, 0) is 6.54 Å². The van der Waals surface area contributed by atoms with Crippen molar-refractivity contribution in [3.63, 3.8) is 0 Å². The van der Waals surface area contributed by atoms with Crippen molar-refractivity contribution < 1.29 is 0 Å². The highest BCUT2D eigenvalue weighted by Gasteiger charge is 2.24. The molecule has 0 saturated heterocycles. The molecule has 1 saturated carbocycles. The molecule has 1 aliphatic carbocycles. The molecule has 2 aromatic heterocycles. The Hall–Kier alpha value is -0.920. The molecule has 1 N–H and O–H groups in total. The summed E-state index contributed by atoms with van der Waals surface area (Å²) in [7, 11) is 2.81. The number of aryl methyl sites for hydroxylation is 2. The van der Waals surface area contributed by atoms with E-state index in [0.29, 0.717) is 12.1 Å². The summed E-state index contributed by atoms with van der Waals surface area (Å²) in [6.45, 7) is 5.43. The molecule has 0 spiro atoms. The van der Waals surface area contributed by atoms with Gasteiger partial charge in [0.25, 0.3) is 0 Å². The Kier molecular flexibility index (Phi) is 4.09. The second-order valence-electron chi connectivity index (χ2n) is 5.88. The molecule has 0 aromatic carbocycles. The third-order valence-electron chi connectivity index (χ3n) is 4.09. The van der Waals surface area contributed by atoms with E-state index in [1.807, 2.05) is 0 Å². The molecule has 108 valence electrons. The summed E-state index contributed by atoms with van der Waals surface area (Å²) in [5.74, 6) is 0. The first kappa shape index (κ1) is 14.0. The lowest BCUT2D eigenvalue weighted by Gasteiger charge is -2.15. The molecule has 2 heterocycles. The van der Waals surface area contributed by atoms with Crippen LogP contribution in [0.1, 0.15) is 43.6 Å². The van der Waals surface area contributed by atoms with Gasteiger partial charge in [0.2, 0.25) is 0 Å². The molecule has 3 rings (SSSR count). The number of fused-ring (bicyclic) bond motifs is 1. The van der Waals surface area contributed by atoms with Crippen LogP contribution >= 0.6 is 9.24 Å². The average Bonchev–Trinajstić information content (AvgIpc) is 3.15. The lowest BCUT2D eigenvalue weighted by Crippen LogP contribution is -2.21. The van der Waals surface area contributed by atoms with Crippen LogP contribution in [0.4, 0.5) is 0 Å². The molecule has 20 heavy (non-hydrogen) atoms. The van der Waals surface area contributed by atoms with E-state index in [1.54, 1.807) is 0 Å². The van der Waals surface area contributed by atoms with Gasteiger partial charge >= 0.3 is 0 Å². The summed E-state index contributed by atoms with van der Waals surface area (Å²) in [5.41, 5.74) is 3.65. The van der Waals surface area contributed by atoms with Crippen molar-refractivity contribution in [1.82, 2.24) is 14.9 Å². The van der Waals surface area contributed by atoms with Crippen molar-refractivity contribution in [1.29, 1.82) is 0 Å². The zero-order valence-corrected chi connectivity index (χ0v) is 13.5. The summed E-state index contributed by atoms with van der Waals surface area (Å²) in [6, 6.07) is 5.52. The van der Waals surface area contributed by atoms with Crippen LogP contribution in [-0.4, -0.2) is 21.8 Å². The fraction of sp³-hybridized carbons (Fsp3) is 0.562. The van der Waals surface area contributed by atoms with Crippen LogP contribution in [0.25, 0.3) is 10.9 Å². The molecular formula is C16H24N3P. The van der Waals surface area contributed by atoms with Gasteiger partial charge in [-0.25, -0.2) is 0 Å². The topological polar surface area (TPSA) is 29.9 Å². The van der Waals surface area contributed by atoms with E-state index in [4.69, 9.17) is 4.98 Å². The van der Waals surface area contributed by atoms with Gasteiger partial charge in [0.15, 0.2) is 0 Å². The van der Waals surface area contributed by atoms with Crippen LogP contribution in [0.5, 0.6) is 0 Å². The van der Waals surface area contributed by atoms with Crippen molar-refractivity contribution >= 4 is 20.1 Å². The molecule has 2 atom stereocenters. The first-order valence-electron chi connectivity index (χ1n) is 7.61. The normalized spacial score (nSPS) is 16.8. The molecule has 3 nitrogen and oxygen atoms in total. The summed E-state index contributed by atoms with van der Waals surface area (Å²) in [6.07, 6.45) is 7.17. The van der Waals surface area contributed by atoms with Crippen molar-refractivity contribution in [3.05, 3.63) is 29.7 Å². The Morgan fingerprint density at radius 1 is 1.50 bits per heavy atom. The van der Waals surface area contributed by atoms with E-state index in [2.05, 4.69) is 51.3 Å². The van der Waals surface area contributed by atoms with Crippen molar-refractivity contribution in [2.75, 3.05) is 6.16 Å². The van der Waals surface area contributed by atoms with Crippen molar-refractivity contribution in [2.24, 2.45) is 0 Å². The van der Waals surface area contributed by atoms with E-state index in [0.717, 1.165) is 18.4 Å². The minimum atomic E-state index is 0.343. The standard InChI is InChI=1S/C16H24N3P/c1-11-14-6-8-19(7-3-9-20)16(14)10-15(18-11)12(2)17-13-4-5-13/h6,8,10,12-13,17H,3-5,7,9,20H2,1-2H3. The zero-order chi connectivity index (χ0) is 14.1. The van der Waals surface area contributed by atoms with Crippen molar-refractivity contribution in [2.45, 2.75) is 51.7 Å². The number of hydrogen-bond donors (Lipinski definition) is 1. The summed E-state index contributed by atoms with van der Waals surface area (Å²) in [5, 5.41) is 4.93. The lowest BCUT2D eigenvalue weighted by atomic mass is 10.1. The van der Waals surface area contributed by atoms with Gasteiger partial charge in [-0.1, -0.05) is 0 Å². The molecule has 0 radical (unpaired) electrons. The van der Waals surface area contributed by atoms with E-state index in [-0.39, 0.29) is 0 Å². The van der Waals surface area contributed by atoms with Crippen LogP contribution in [0.15, 0.2) is 18.3 Å². The van der Waals surface area contributed by atoms with Crippen LogP contribution in [0, 0.1) is 6.92 Å². The molecular weight excluding hydrogens is 265 g/mol. The van der Waals surface area contributed by atoms with Gasteiger partial charge in [-0.15, -0.1) is 9.24 Å². The molecule has 2 aromatic rings. The Balaban J connectivity index is 1.92. The zero-order valence-electron chi connectivity index (χ0n) is 12.4. The highest BCUT2D eigenvalue weighted by atomic mass is 31.0. The molecule has 2 unspecified atom stereocenters.